The molecular formula is C24H31N3O5. The normalized spacial score (nSPS) is 14.3. The molecule has 0 radical (unpaired) electrons. The number of carbonyl (C=O) groups excluding carboxylic acids is 1. The number of ether oxygens (including phenoxy) is 3. The maximum atomic E-state index is 11.9. The van der Waals surface area contributed by atoms with Crippen LogP contribution in [0.3, 0.4) is 0 Å². The Bertz CT molecular complexity index is 834. The number of rotatable bonds is 12. The van der Waals surface area contributed by atoms with Crippen LogP contribution in [-0.4, -0.2) is 50.6 Å². The number of hydrogen-bond acceptors (Lipinski definition) is 7. The summed E-state index contributed by atoms with van der Waals surface area (Å²) >= 11 is 0. The predicted octanol–water partition coefficient (Wildman–Crippen LogP) is 3.15. The van der Waals surface area contributed by atoms with Gasteiger partial charge in [0.1, 0.15) is 12.4 Å². The Balaban J connectivity index is 1.27. The van der Waals surface area contributed by atoms with E-state index in [0.29, 0.717) is 24.9 Å². The van der Waals surface area contributed by atoms with Gasteiger partial charge in [0, 0.05) is 38.2 Å². The average Bonchev–Trinajstić information content (AvgIpc) is 2.85. The van der Waals surface area contributed by atoms with Gasteiger partial charge in [0.15, 0.2) is 6.61 Å². The summed E-state index contributed by atoms with van der Waals surface area (Å²) in [6.45, 7) is 2.60. The fourth-order valence-electron chi connectivity index (χ4n) is 3.21. The highest BCUT2D eigenvalue weighted by Crippen LogP contribution is 2.14. The van der Waals surface area contributed by atoms with Gasteiger partial charge in [-0.25, -0.2) is 4.98 Å². The second-order valence-electron chi connectivity index (χ2n) is 7.60. The summed E-state index contributed by atoms with van der Waals surface area (Å²) in [5.41, 5.74) is 2.09. The minimum Gasteiger partial charge on any atom is -0.497 e. The third kappa shape index (κ3) is 8.55. The van der Waals surface area contributed by atoms with Crippen LogP contribution in [0.15, 0.2) is 47.8 Å². The SMILES string of the molecule is COc1ccc(CON=CCCc2ccc(OCC(=O)NCC3CCOCC3)nc2)cc1. The van der Waals surface area contributed by atoms with Crippen LogP contribution in [0.2, 0.25) is 0 Å². The zero-order chi connectivity index (χ0) is 22.4. The second-order valence-corrected chi connectivity index (χ2v) is 7.60. The topological polar surface area (TPSA) is 91.3 Å². The third-order valence-corrected chi connectivity index (χ3v) is 5.18. The van der Waals surface area contributed by atoms with Gasteiger partial charge >= 0.3 is 0 Å². The van der Waals surface area contributed by atoms with Crippen LogP contribution in [0.4, 0.5) is 0 Å². The average molecular weight is 442 g/mol. The molecule has 172 valence electrons. The molecule has 1 amide bonds. The van der Waals surface area contributed by atoms with Gasteiger partial charge in [-0.15, -0.1) is 0 Å². The fourth-order valence-corrected chi connectivity index (χ4v) is 3.21. The molecule has 1 aromatic carbocycles. The molecule has 1 saturated heterocycles. The Morgan fingerprint density at radius 1 is 1.19 bits per heavy atom. The Labute approximate surface area is 188 Å². The number of oxime groups is 1. The summed E-state index contributed by atoms with van der Waals surface area (Å²) in [4.78, 5) is 21.5. The lowest BCUT2D eigenvalue weighted by Gasteiger charge is -2.22. The van der Waals surface area contributed by atoms with Crippen molar-refractivity contribution in [3.05, 3.63) is 53.7 Å². The maximum absolute atomic E-state index is 11.9. The summed E-state index contributed by atoms with van der Waals surface area (Å²) in [7, 11) is 1.64. The third-order valence-electron chi connectivity index (χ3n) is 5.18. The molecule has 1 aromatic heterocycles. The number of nitrogens with one attached hydrogen (secondary N) is 1. The van der Waals surface area contributed by atoms with Crippen molar-refractivity contribution in [1.29, 1.82) is 0 Å². The molecule has 8 heteroatoms. The number of amides is 1. The van der Waals surface area contributed by atoms with Crippen molar-refractivity contribution in [3.8, 4) is 11.6 Å². The molecule has 3 rings (SSSR count). The lowest BCUT2D eigenvalue weighted by molar-refractivity contribution is -0.123. The molecule has 0 saturated carbocycles. The zero-order valence-corrected chi connectivity index (χ0v) is 18.5. The highest BCUT2D eigenvalue weighted by atomic mass is 16.6. The van der Waals surface area contributed by atoms with Gasteiger partial charge in [0.25, 0.3) is 5.91 Å². The van der Waals surface area contributed by atoms with Gasteiger partial charge in [0.2, 0.25) is 5.88 Å². The minimum atomic E-state index is -0.131. The van der Waals surface area contributed by atoms with Crippen molar-refractivity contribution in [1.82, 2.24) is 10.3 Å². The van der Waals surface area contributed by atoms with Gasteiger partial charge in [-0.1, -0.05) is 23.4 Å². The lowest BCUT2D eigenvalue weighted by Crippen LogP contribution is -2.35. The van der Waals surface area contributed by atoms with Crippen LogP contribution in [0.25, 0.3) is 0 Å². The monoisotopic (exact) mass is 441 g/mol. The fraction of sp³-hybridized carbons (Fsp3) is 0.458. The van der Waals surface area contributed by atoms with Gasteiger partial charge in [-0.2, -0.15) is 0 Å². The number of pyridine rings is 1. The van der Waals surface area contributed by atoms with Gasteiger partial charge < -0.3 is 24.4 Å². The Kier molecular flexibility index (Phi) is 9.79. The number of hydrogen-bond donors (Lipinski definition) is 1. The van der Waals surface area contributed by atoms with E-state index in [2.05, 4.69) is 15.5 Å². The van der Waals surface area contributed by atoms with E-state index in [4.69, 9.17) is 19.0 Å². The van der Waals surface area contributed by atoms with E-state index in [1.807, 2.05) is 30.3 Å². The number of carbonyl (C=O) groups is 1. The van der Waals surface area contributed by atoms with Crippen LogP contribution >= 0.6 is 0 Å². The van der Waals surface area contributed by atoms with Crippen molar-refractivity contribution in [2.24, 2.45) is 11.1 Å². The highest BCUT2D eigenvalue weighted by molar-refractivity contribution is 5.77. The van der Waals surface area contributed by atoms with E-state index in [1.165, 1.54) is 0 Å². The van der Waals surface area contributed by atoms with Crippen molar-refractivity contribution in [2.75, 3.05) is 33.5 Å². The summed E-state index contributed by atoms with van der Waals surface area (Å²) < 4.78 is 15.9. The molecule has 2 aromatic rings. The quantitative estimate of drug-likeness (QED) is 0.402. The van der Waals surface area contributed by atoms with Crippen LogP contribution in [0.1, 0.15) is 30.4 Å². The van der Waals surface area contributed by atoms with E-state index < -0.39 is 0 Å². The first-order chi connectivity index (χ1) is 15.7. The molecule has 1 N–H and O–H groups in total. The molecule has 32 heavy (non-hydrogen) atoms. The van der Waals surface area contributed by atoms with E-state index in [-0.39, 0.29) is 12.5 Å². The predicted molar refractivity (Wildman–Crippen MR) is 121 cm³/mol. The summed E-state index contributed by atoms with van der Waals surface area (Å²) in [5.74, 6) is 1.61. The minimum absolute atomic E-state index is 0.0340. The van der Waals surface area contributed by atoms with Crippen molar-refractivity contribution in [2.45, 2.75) is 32.3 Å². The van der Waals surface area contributed by atoms with Crippen molar-refractivity contribution < 1.29 is 23.8 Å². The second kappa shape index (κ2) is 13.3. The van der Waals surface area contributed by atoms with Gasteiger partial charge in [-0.05, 0) is 54.9 Å². The molecule has 1 fully saturated rings. The van der Waals surface area contributed by atoms with Gasteiger partial charge in [-0.3, -0.25) is 4.79 Å². The van der Waals surface area contributed by atoms with E-state index in [0.717, 1.165) is 55.8 Å². The molecule has 0 aliphatic carbocycles. The molecule has 0 atom stereocenters. The van der Waals surface area contributed by atoms with Crippen LogP contribution in [-0.2, 0) is 27.4 Å². The van der Waals surface area contributed by atoms with Crippen molar-refractivity contribution >= 4 is 12.1 Å². The standard InChI is InChI=1S/C24H31N3O5/c1-29-22-7-4-21(5-8-22)17-32-27-12-2-3-19-6-9-24(26-16-19)31-18-23(28)25-15-20-10-13-30-14-11-20/h4-9,12,16,20H,2-3,10-11,13-15,17-18H2,1H3,(H,25,28). The highest BCUT2D eigenvalue weighted by Gasteiger charge is 2.14. The Hall–Kier alpha value is -3.13. The first-order valence-corrected chi connectivity index (χ1v) is 10.9. The van der Waals surface area contributed by atoms with Crippen LogP contribution in [0.5, 0.6) is 11.6 Å². The number of benzene rings is 1. The molecule has 0 unspecified atom stereocenters. The van der Waals surface area contributed by atoms with E-state index in [9.17, 15) is 4.79 Å². The molecule has 1 aliphatic rings. The summed E-state index contributed by atoms with van der Waals surface area (Å²) in [6, 6.07) is 11.4. The van der Waals surface area contributed by atoms with E-state index in [1.54, 1.807) is 25.6 Å². The van der Waals surface area contributed by atoms with Crippen molar-refractivity contribution in [3.63, 3.8) is 0 Å². The molecule has 0 spiro atoms. The number of aryl methyl sites for hydroxylation is 1. The first kappa shape index (κ1) is 23.5. The maximum Gasteiger partial charge on any atom is 0.258 e. The number of nitrogens with zero attached hydrogens (tertiary/aromatic N) is 2. The molecule has 0 bridgehead atoms. The summed E-state index contributed by atoms with van der Waals surface area (Å²) in [5, 5.41) is 6.90. The Morgan fingerprint density at radius 2 is 1.97 bits per heavy atom. The molecular weight excluding hydrogens is 410 g/mol. The molecule has 1 aliphatic heterocycles. The number of methoxy groups -OCH3 is 1. The van der Waals surface area contributed by atoms with Crippen LogP contribution < -0.4 is 14.8 Å². The zero-order valence-electron chi connectivity index (χ0n) is 18.5. The smallest absolute Gasteiger partial charge is 0.258 e. The first-order valence-electron chi connectivity index (χ1n) is 10.9. The van der Waals surface area contributed by atoms with E-state index >= 15 is 0 Å². The molecule has 8 nitrogen and oxygen atoms in total. The van der Waals surface area contributed by atoms with Crippen LogP contribution in [0, 0.1) is 5.92 Å². The Morgan fingerprint density at radius 3 is 2.69 bits per heavy atom. The molecule has 2 heterocycles. The lowest BCUT2D eigenvalue weighted by atomic mass is 10.0. The number of aromatic nitrogens is 1. The largest absolute Gasteiger partial charge is 0.497 e. The van der Waals surface area contributed by atoms with Gasteiger partial charge in [0.05, 0.1) is 7.11 Å². The summed E-state index contributed by atoms with van der Waals surface area (Å²) in [6.07, 6.45) is 7.00.